The summed E-state index contributed by atoms with van der Waals surface area (Å²) >= 11 is 4.64. The minimum atomic E-state index is -1.97. The van der Waals surface area contributed by atoms with E-state index in [2.05, 4.69) is 43.6 Å². The monoisotopic (exact) mass is 615 g/mol. The Morgan fingerprint density at radius 2 is 1.05 bits per heavy atom. The lowest BCUT2D eigenvalue weighted by Crippen LogP contribution is -2.44. The van der Waals surface area contributed by atoms with E-state index < -0.39 is 78.8 Å². The Morgan fingerprint density at radius 3 is 1.33 bits per heavy atom. The summed E-state index contributed by atoms with van der Waals surface area (Å²) < 4.78 is 0. The van der Waals surface area contributed by atoms with Gasteiger partial charge in [0.1, 0.15) is 5.75 Å². The quantitative estimate of drug-likeness (QED) is 0.0430. The second-order valence-electron chi connectivity index (χ2n) is 8.53. The molecule has 0 aromatic heterocycles. The van der Waals surface area contributed by atoms with Crippen molar-refractivity contribution in [3.8, 4) is 5.75 Å². The Labute approximate surface area is 242 Å². The van der Waals surface area contributed by atoms with E-state index in [-0.39, 0.29) is 42.7 Å². The zero-order valence-electron chi connectivity index (χ0n) is 21.6. The molecule has 0 heterocycles. The molecule has 11 N–H and O–H groups in total. The van der Waals surface area contributed by atoms with Gasteiger partial charge >= 0.3 is 35.8 Å². The summed E-state index contributed by atoms with van der Waals surface area (Å²) in [6.45, 7) is -1.85. The van der Waals surface area contributed by atoms with E-state index in [9.17, 15) is 33.9 Å². The van der Waals surface area contributed by atoms with E-state index in [4.69, 9.17) is 30.6 Å². The van der Waals surface area contributed by atoms with Gasteiger partial charge in [-0.2, -0.15) is 4.99 Å². The van der Waals surface area contributed by atoms with Crippen molar-refractivity contribution in [2.24, 2.45) is 4.99 Å². The molecule has 0 amide bonds. The van der Waals surface area contributed by atoms with Crippen LogP contribution in [0.4, 0.5) is 5.69 Å². The normalized spacial score (nSPS) is 12.3. The fourth-order valence-corrected chi connectivity index (χ4v) is 3.88. The van der Waals surface area contributed by atoms with Gasteiger partial charge in [-0.15, -0.1) is 0 Å². The third kappa shape index (κ3) is 11.5. The molecule has 1 aromatic carbocycles. The average molecular weight is 616 g/mol. The van der Waals surface area contributed by atoms with Crippen LogP contribution in [0.1, 0.15) is 36.1 Å². The number of phenolic OH excluding ortho intramolecular Hbond substituents is 1. The molecule has 0 bridgehead atoms. The first-order valence-electron chi connectivity index (χ1n) is 11.9. The van der Waals surface area contributed by atoms with E-state index in [0.717, 1.165) is 0 Å². The van der Waals surface area contributed by atoms with E-state index in [1.807, 2.05) is 0 Å². The molecule has 0 saturated heterocycles. The fraction of sp³-hybridized carbons (Fsp3) is 0.435. The first-order valence-corrected chi connectivity index (χ1v) is 12.3. The molecule has 42 heavy (non-hydrogen) atoms. The van der Waals surface area contributed by atoms with Crippen molar-refractivity contribution in [2.75, 3.05) is 26.2 Å². The summed E-state index contributed by atoms with van der Waals surface area (Å²) in [7, 11) is 0. The van der Waals surface area contributed by atoms with Crippen molar-refractivity contribution in [2.45, 2.75) is 37.0 Å². The van der Waals surface area contributed by atoms with E-state index in [1.165, 1.54) is 12.1 Å². The van der Waals surface area contributed by atoms with Crippen molar-refractivity contribution in [3.05, 3.63) is 23.3 Å². The summed E-state index contributed by atoms with van der Waals surface area (Å²) in [5.74, 6) is -9.78. The Hall–Kier alpha value is -4.52. The van der Waals surface area contributed by atoms with Crippen LogP contribution in [0.5, 0.6) is 5.75 Å². The Bertz CT molecular complexity index is 1130. The molecule has 0 radical (unpaired) electrons. The lowest BCUT2D eigenvalue weighted by Gasteiger charge is -2.25. The van der Waals surface area contributed by atoms with Gasteiger partial charge in [-0.3, -0.25) is 30.9 Å². The molecular formula is C23H29N5O13S. The highest BCUT2D eigenvalue weighted by Crippen LogP contribution is 2.38. The summed E-state index contributed by atoms with van der Waals surface area (Å²) in [5.41, 5.74) is 0.0532. The van der Waals surface area contributed by atoms with Gasteiger partial charge in [0.2, 0.25) is 12.1 Å². The van der Waals surface area contributed by atoms with Crippen molar-refractivity contribution in [1.29, 1.82) is 0 Å². The Balaban J connectivity index is 3.52. The molecule has 0 aliphatic rings. The molecule has 1 rings (SSSR count). The molecule has 2 atom stereocenters. The number of isothiocyanates is 1. The fourth-order valence-electron chi connectivity index (χ4n) is 3.77. The first-order chi connectivity index (χ1) is 19.7. The highest BCUT2D eigenvalue weighted by atomic mass is 32.1. The number of benzene rings is 1. The predicted octanol–water partition coefficient (Wildman–Crippen LogP) is -1.41. The van der Waals surface area contributed by atoms with Gasteiger partial charge in [0.05, 0.1) is 23.9 Å². The smallest absolute Gasteiger partial charge is 0.332 e. The van der Waals surface area contributed by atoms with Crippen molar-refractivity contribution >= 4 is 58.9 Å². The number of aromatic hydroxyl groups is 1. The third-order valence-corrected chi connectivity index (χ3v) is 5.72. The van der Waals surface area contributed by atoms with Crippen molar-refractivity contribution < 1.29 is 64.5 Å². The third-order valence-electron chi connectivity index (χ3n) is 5.63. The van der Waals surface area contributed by atoms with E-state index >= 15 is 0 Å². The SMILES string of the molecule is O=C(O)CNC(CCNC(C(=O)O)C(=O)O)c1cc(N=C=S)cc(C(CCNC(C(=O)O)C(=O)O)NCC(=O)O)c1O. The number of carbonyl (C=O) groups is 6. The van der Waals surface area contributed by atoms with Crippen LogP contribution in [-0.4, -0.2) is 115 Å². The number of carboxylic acids is 6. The van der Waals surface area contributed by atoms with Crippen LogP contribution in [0.15, 0.2) is 17.1 Å². The standard InChI is InChI=1S/C23H29N5O13S/c29-15(30)7-26-13(1-3-24-17(20(34)35)21(36)37)11-5-10(28-9-42)6-12(19(11)33)14(27-8-16(31)32)2-4-25-18(22(38)39)23(40)41/h5-6,13-14,17-18,24-27,33H,1-4,7-8H2,(H,29,30)(H,31,32)(H,34,35)(H,36,37)(H,38,39)(H,40,41). The number of nitrogens with one attached hydrogen (secondary N) is 4. The number of aliphatic carboxylic acids is 6. The molecule has 0 saturated carbocycles. The van der Waals surface area contributed by atoms with Gasteiger partial charge in [-0.05, 0) is 50.3 Å². The van der Waals surface area contributed by atoms with Crippen LogP contribution < -0.4 is 21.3 Å². The molecule has 18 nitrogen and oxygen atoms in total. The minimum Gasteiger partial charge on any atom is -0.507 e. The van der Waals surface area contributed by atoms with Crippen LogP contribution in [-0.2, 0) is 28.8 Å². The molecule has 0 fully saturated rings. The summed E-state index contributed by atoms with van der Waals surface area (Å²) in [6, 6.07) is -3.48. The maximum atomic E-state index is 11.2. The van der Waals surface area contributed by atoms with Crippen LogP contribution >= 0.6 is 12.2 Å². The predicted molar refractivity (Wildman–Crippen MR) is 143 cm³/mol. The molecular weight excluding hydrogens is 586 g/mol. The second-order valence-corrected chi connectivity index (χ2v) is 8.72. The van der Waals surface area contributed by atoms with Gasteiger partial charge in [0.15, 0.2) is 0 Å². The van der Waals surface area contributed by atoms with Crippen LogP contribution in [0.2, 0.25) is 0 Å². The highest BCUT2D eigenvalue weighted by Gasteiger charge is 2.29. The maximum absolute atomic E-state index is 11.2. The number of hydrogen-bond acceptors (Lipinski definition) is 13. The van der Waals surface area contributed by atoms with Crippen molar-refractivity contribution in [1.82, 2.24) is 21.3 Å². The summed E-state index contributed by atoms with van der Waals surface area (Å²) in [4.78, 5) is 71.1. The number of nitrogens with zero attached hydrogens (tertiary/aromatic N) is 1. The minimum absolute atomic E-state index is 0.00853. The van der Waals surface area contributed by atoms with Crippen LogP contribution in [0.25, 0.3) is 0 Å². The topological polar surface area (TPSA) is 305 Å². The molecule has 2 unspecified atom stereocenters. The van der Waals surface area contributed by atoms with Gasteiger partial charge < -0.3 is 35.7 Å². The zero-order valence-corrected chi connectivity index (χ0v) is 22.5. The molecule has 230 valence electrons. The van der Waals surface area contributed by atoms with Gasteiger partial charge in [-0.25, -0.2) is 19.2 Å². The van der Waals surface area contributed by atoms with Crippen LogP contribution in [0, 0.1) is 0 Å². The zero-order chi connectivity index (χ0) is 32.0. The van der Waals surface area contributed by atoms with E-state index in [1.54, 1.807) is 0 Å². The molecule has 0 spiro atoms. The first kappa shape index (κ1) is 35.5. The number of rotatable bonds is 21. The molecule has 0 aliphatic carbocycles. The highest BCUT2D eigenvalue weighted by molar-refractivity contribution is 7.78. The molecule has 1 aromatic rings. The maximum Gasteiger partial charge on any atom is 0.332 e. The number of carboxylic acid groups (broad SMARTS) is 6. The Kier molecular flexibility index (Phi) is 14.6. The lowest BCUT2D eigenvalue weighted by molar-refractivity contribution is -0.153. The second kappa shape index (κ2) is 17.3. The largest absolute Gasteiger partial charge is 0.507 e. The molecule has 19 heteroatoms. The number of phenols is 1. The summed E-state index contributed by atoms with van der Waals surface area (Å²) in [6.07, 6.45) is -0.314. The molecule has 0 aliphatic heterocycles. The van der Waals surface area contributed by atoms with E-state index in [0.29, 0.717) is 0 Å². The summed E-state index contributed by atoms with van der Waals surface area (Å²) in [5, 5.41) is 77.8. The number of aliphatic imine (C=N–C) groups is 1. The van der Waals surface area contributed by atoms with Gasteiger partial charge in [0.25, 0.3) is 0 Å². The van der Waals surface area contributed by atoms with Crippen LogP contribution in [0.3, 0.4) is 0 Å². The van der Waals surface area contributed by atoms with Crippen molar-refractivity contribution in [3.63, 3.8) is 0 Å². The average Bonchev–Trinajstić information content (AvgIpc) is 2.88. The van der Waals surface area contributed by atoms with Gasteiger partial charge in [-0.1, -0.05) is 0 Å². The van der Waals surface area contributed by atoms with Gasteiger partial charge in [0, 0.05) is 23.2 Å². The Morgan fingerprint density at radius 1 is 0.690 bits per heavy atom. The number of thiocarbonyl (C=S) groups is 1. The number of hydrogen-bond donors (Lipinski definition) is 11. The lowest BCUT2D eigenvalue weighted by atomic mass is 9.93.